The Morgan fingerprint density at radius 3 is 2.54 bits per heavy atom. The van der Waals surface area contributed by atoms with Crippen molar-refractivity contribution in [1.29, 1.82) is 0 Å². The minimum absolute atomic E-state index is 0.0673. The highest BCUT2D eigenvalue weighted by Gasteiger charge is 2.14. The molecule has 26 heavy (non-hydrogen) atoms. The smallest absolute Gasteiger partial charge is 0.262 e. The van der Waals surface area contributed by atoms with E-state index in [0.717, 1.165) is 0 Å². The Balaban J connectivity index is 1.93. The predicted octanol–water partition coefficient (Wildman–Crippen LogP) is 4.86. The summed E-state index contributed by atoms with van der Waals surface area (Å²) in [6, 6.07) is 11.7. The maximum atomic E-state index is 12.7. The Morgan fingerprint density at radius 1 is 1.15 bits per heavy atom. The van der Waals surface area contributed by atoms with Crippen molar-refractivity contribution in [3.63, 3.8) is 0 Å². The van der Waals surface area contributed by atoms with Gasteiger partial charge in [-0.25, -0.2) is 4.98 Å². The molecule has 0 aliphatic heterocycles. The number of hydrogen-bond acceptors (Lipinski definition) is 4. The second-order valence-corrected chi connectivity index (χ2v) is 7.29. The highest BCUT2D eigenvalue weighted by molar-refractivity contribution is 7.99. The second-order valence-electron chi connectivity index (χ2n) is 5.48. The summed E-state index contributed by atoms with van der Waals surface area (Å²) in [5.41, 5.74) is 0.895. The maximum absolute atomic E-state index is 12.7. The number of ketones is 1. The zero-order chi connectivity index (χ0) is 18.7. The van der Waals surface area contributed by atoms with E-state index in [2.05, 4.69) is 11.6 Å². The van der Waals surface area contributed by atoms with Crippen LogP contribution in [-0.2, 0) is 6.54 Å². The van der Waals surface area contributed by atoms with E-state index in [4.69, 9.17) is 23.2 Å². The molecule has 4 nitrogen and oxygen atoms in total. The largest absolute Gasteiger partial charge is 0.293 e. The molecule has 0 aliphatic rings. The van der Waals surface area contributed by atoms with Crippen molar-refractivity contribution >= 4 is 51.6 Å². The first-order valence-electron chi connectivity index (χ1n) is 7.72. The van der Waals surface area contributed by atoms with Gasteiger partial charge < -0.3 is 0 Å². The third kappa shape index (κ3) is 4.01. The summed E-state index contributed by atoms with van der Waals surface area (Å²) in [6.45, 7) is 3.98. The van der Waals surface area contributed by atoms with Gasteiger partial charge in [0, 0.05) is 22.2 Å². The van der Waals surface area contributed by atoms with Crippen LogP contribution in [0.5, 0.6) is 0 Å². The molecule has 0 aliphatic carbocycles. The zero-order valence-electron chi connectivity index (χ0n) is 13.6. The maximum Gasteiger partial charge on any atom is 0.262 e. The number of thioether (sulfide) groups is 1. The van der Waals surface area contributed by atoms with Crippen molar-refractivity contribution in [3.05, 3.63) is 81.1 Å². The Morgan fingerprint density at radius 2 is 1.85 bits per heavy atom. The number of benzene rings is 2. The Hall–Kier alpha value is -2.08. The minimum Gasteiger partial charge on any atom is -0.293 e. The molecule has 3 aromatic rings. The van der Waals surface area contributed by atoms with Gasteiger partial charge in [0.25, 0.3) is 5.56 Å². The van der Waals surface area contributed by atoms with Gasteiger partial charge in [-0.3, -0.25) is 14.2 Å². The van der Waals surface area contributed by atoms with E-state index in [1.165, 1.54) is 16.3 Å². The summed E-state index contributed by atoms with van der Waals surface area (Å²) in [5.74, 6) is 0.0897. The lowest BCUT2D eigenvalue weighted by atomic mass is 10.1. The Bertz CT molecular complexity index is 1050. The van der Waals surface area contributed by atoms with E-state index >= 15 is 0 Å². The number of fused-ring (bicyclic) bond motifs is 1. The average molecular weight is 405 g/mol. The third-order valence-corrected chi connectivity index (χ3v) is 5.15. The monoisotopic (exact) mass is 404 g/mol. The SMILES string of the molecule is C=CCn1c(SCC(=O)c2ccc(Cl)cc2)nc2ccc(Cl)cc2c1=O. The van der Waals surface area contributed by atoms with Crippen LogP contribution in [0, 0.1) is 0 Å². The van der Waals surface area contributed by atoms with E-state index in [1.54, 1.807) is 48.5 Å². The minimum atomic E-state index is -0.209. The summed E-state index contributed by atoms with van der Waals surface area (Å²) < 4.78 is 1.49. The molecule has 0 saturated carbocycles. The van der Waals surface area contributed by atoms with E-state index in [-0.39, 0.29) is 17.1 Å². The molecule has 2 aromatic carbocycles. The van der Waals surface area contributed by atoms with Gasteiger partial charge in [-0.1, -0.05) is 41.0 Å². The molecule has 0 spiro atoms. The van der Waals surface area contributed by atoms with Crippen LogP contribution in [0.15, 0.2) is 65.1 Å². The van der Waals surface area contributed by atoms with Crippen molar-refractivity contribution in [1.82, 2.24) is 9.55 Å². The van der Waals surface area contributed by atoms with Crippen LogP contribution in [0.2, 0.25) is 10.0 Å². The first-order valence-corrected chi connectivity index (χ1v) is 9.46. The molecule has 1 aromatic heterocycles. The van der Waals surface area contributed by atoms with Gasteiger partial charge in [-0.15, -0.1) is 6.58 Å². The molecule has 0 saturated heterocycles. The Kier molecular flexibility index (Phi) is 5.81. The lowest BCUT2D eigenvalue weighted by molar-refractivity contribution is 0.102. The Labute approximate surface area is 164 Å². The number of nitrogens with zero attached hydrogens (tertiary/aromatic N) is 2. The van der Waals surface area contributed by atoms with Crippen LogP contribution in [0.25, 0.3) is 10.9 Å². The van der Waals surface area contributed by atoms with E-state index in [0.29, 0.717) is 38.2 Å². The molecule has 132 valence electrons. The van der Waals surface area contributed by atoms with Gasteiger partial charge in [0.15, 0.2) is 10.9 Å². The third-order valence-electron chi connectivity index (χ3n) is 3.69. The summed E-state index contributed by atoms with van der Waals surface area (Å²) in [4.78, 5) is 29.6. The molecule has 1 heterocycles. The van der Waals surface area contributed by atoms with Crippen LogP contribution >= 0.6 is 35.0 Å². The number of allylic oxidation sites excluding steroid dienone is 1. The number of rotatable bonds is 6. The lowest BCUT2D eigenvalue weighted by Gasteiger charge is -2.11. The fourth-order valence-electron chi connectivity index (χ4n) is 2.42. The van der Waals surface area contributed by atoms with Gasteiger partial charge >= 0.3 is 0 Å². The molecular formula is C19H14Cl2N2O2S. The van der Waals surface area contributed by atoms with Crippen molar-refractivity contribution < 1.29 is 4.79 Å². The molecule has 0 unspecified atom stereocenters. The van der Waals surface area contributed by atoms with Crippen molar-refractivity contribution in [2.45, 2.75) is 11.7 Å². The first kappa shape index (κ1) is 18.7. The lowest BCUT2D eigenvalue weighted by Crippen LogP contribution is -2.23. The molecular weight excluding hydrogens is 391 g/mol. The fourth-order valence-corrected chi connectivity index (χ4v) is 3.62. The van der Waals surface area contributed by atoms with Gasteiger partial charge in [0.1, 0.15) is 0 Å². The molecule has 7 heteroatoms. The molecule has 0 radical (unpaired) electrons. The van der Waals surface area contributed by atoms with E-state index in [1.807, 2.05) is 0 Å². The second kappa shape index (κ2) is 8.08. The number of carbonyl (C=O) groups excluding carboxylic acids is 1. The van der Waals surface area contributed by atoms with E-state index in [9.17, 15) is 9.59 Å². The van der Waals surface area contributed by atoms with E-state index < -0.39 is 0 Å². The zero-order valence-corrected chi connectivity index (χ0v) is 15.9. The molecule has 0 N–H and O–H groups in total. The standard InChI is InChI=1S/C19H14Cl2N2O2S/c1-2-9-23-18(25)15-10-14(21)7-8-16(15)22-19(23)26-11-17(24)12-3-5-13(20)6-4-12/h2-8,10H,1,9,11H2. The highest BCUT2D eigenvalue weighted by atomic mass is 35.5. The van der Waals surface area contributed by atoms with Gasteiger partial charge in [0.2, 0.25) is 0 Å². The van der Waals surface area contributed by atoms with Crippen LogP contribution < -0.4 is 5.56 Å². The van der Waals surface area contributed by atoms with Crippen LogP contribution in [0.3, 0.4) is 0 Å². The summed E-state index contributed by atoms with van der Waals surface area (Å²) >= 11 is 13.0. The number of Topliss-reactive ketones (excluding diaryl/α,β-unsaturated/α-hetero) is 1. The van der Waals surface area contributed by atoms with Crippen molar-refractivity contribution in [3.8, 4) is 0 Å². The van der Waals surface area contributed by atoms with Gasteiger partial charge in [-0.05, 0) is 42.5 Å². The average Bonchev–Trinajstić information content (AvgIpc) is 2.63. The molecule has 0 fully saturated rings. The molecule has 0 atom stereocenters. The van der Waals surface area contributed by atoms with Crippen molar-refractivity contribution in [2.75, 3.05) is 5.75 Å². The number of halogens is 2. The predicted molar refractivity (Wildman–Crippen MR) is 108 cm³/mol. The number of aromatic nitrogens is 2. The quantitative estimate of drug-likeness (QED) is 0.254. The van der Waals surface area contributed by atoms with Crippen molar-refractivity contribution in [2.24, 2.45) is 0 Å². The van der Waals surface area contributed by atoms with Crippen LogP contribution in [0.4, 0.5) is 0 Å². The van der Waals surface area contributed by atoms with Gasteiger partial charge in [-0.2, -0.15) is 0 Å². The van der Waals surface area contributed by atoms with Gasteiger partial charge in [0.05, 0.1) is 16.7 Å². The molecule has 0 bridgehead atoms. The summed E-state index contributed by atoms with van der Waals surface area (Å²) in [6.07, 6.45) is 1.62. The topological polar surface area (TPSA) is 52.0 Å². The normalized spacial score (nSPS) is 10.8. The summed E-state index contributed by atoms with van der Waals surface area (Å²) in [7, 11) is 0. The highest BCUT2D eigenvalue weighted by Crippen LogP contribution is 2.21. The van der Waals surface area contributed by atoms with Crippen LogP contribution in [-0.4, -0.2) is 21.1 Å². The number of hydrogen-bond donors (Lipinski definition) is 0. The summed E-state index contributed by atoms with van der Waals surface area (Å²) in [5, 5.41) is 1.95. The molecule has 3 rings (SSSR count). The molecule has 0 amide bonds. The van der Waals surface area contributed by atoms with Crippen LogP contribution in [0.1, 0.15) is 10.4 Å². The first-order chi connectivity index (χ1) is 12.5. The number of carbonyl (C=O) groups is 1. The fraction of sp³-hybridized carbons (Fsp3) is 0.105.